The summed E-state index contributed by atoms with van der Waals surface area (Å²) in [6, 6.07) is 12.3. The number of H-pyrrole nitrogens is 1. The first-order chi connectivity index (χ1) is 10.6. The molecule has 3 aromatic rings. The van der Waals surface area contributed by atoms with Crippen molar-refractivity contribution in [2.75, 3.05) is 12.4 Å². The number of fused-ring (bicyclic) bond motifs is 1. The van der Waals surface area contributed by atoms with Gasteiger partial charge in [0.25, 0.3) is 0 Å². The maximum absolute atomic E-state index is 5.98. The third-order valence-electron chi connectivity index (χ3n) is 3.81. The van der Waals surface area contributed by atoms with Crippen LogP contribution in [0.25, 0.3) is 11.0 Å². The van der Waals surface area contributed by atoms with Crippen LogP contribution in [0.3, 0.4) is 0 Å². The minimum atomic E-state index is 0.673. The molecule has 114 valence electrons. The number of nitrogens with zero attached hydrogens (tertiary/aromatic N) is 1. The lowest BCUT2D eigenvalue weighted by Gasteiger charge is -2.13. The molecule has 0 aliphatic rings. The fourth-order valence-corrected chi connectivity index (χ4v) is 3.13. The van der Waals surface area contributed by atoms with Gasteiger partial charge in [-0.05, 0) is 49.6 Å². The highest BCUT2D eigenvalue weighted by Gasteiger charge is 2.07. The van der Waals surface area contributed by atoms with Gasteiger partial charge in [0.1, 0.15) is 5.75 Å². The number of aryl methyl sites for hydroxylation is 2. The van der Waals surface area contributed by atoms with Gasteiger partial charge in [-0.3, -0.25) is 0 Å². The van der Waals surface area contributed by atoms with E-state index in [4.69, 9.17) is 4.74 Å². The minimum absolute atomic E-state index is 0.673. The summed E-state index contributed by atoms with van der Waals surface area (Å²) in [5.41, 5.74) is 5.78. The van der Waals surface area contributed by atoms with E-state index in [-0.39, 0.29) is 0 Å². The third kappa shape index (κ3) is 3.12. The van der Waals surface area contributed by atoms with Crippen LogP contribution < -0.4 is 4.74 Å². The van der Waals surface area contributed by atoms with E-state index in [0.29, 0.717) is 6.61 Å². The lowest BCUT2D eigenvalue weighted by Crippen LogP contribution is -2.04. The van der Waals surface area contributed by atoms with Crippen molar-refractivity contribution in [2.24, 2.45) is 0 Å². The highest BCUT2D eigenvalue weighted by molar-refractivity contribution is 7.99. The van der Waals surface area contributed by atoms with E-state index in [0.717, 1.165) is 27.7 Å². The Bertz CT molecular complexity index is 762. The predicted octanol–water partition coefficient (Wildman–Crippen LogP) is 4.66. The highest BCUT2D eigenvalue weighted by atomic mass is 32.2. The standard InChI is InChI=1S/C18H20N2OS/c1-12-8-9-13(2)17(14(12)3)21-10-11-22-18-19-15-6-4-5-7-16(15)20-18/h4-9H,10-11H2,1-3H3,(H,19,20). The zero-order valence-corrected chi connectivity index (χ0v) is 14.0. The van der Waals surface area contributed by atoms with Crippen LogP contribution in [0.15, 0.2) is 41.6 Å². The summed E-state index contributed by atoms with van der Waals surface area (Å²) in [5.74, 6) is 1.89. The van der Waals surface area contributed by atoms with Crippen LogP contribution in [0.4, 0.5) is 0 Å². The number of para-hydroxylation sites is 2. The maximum Gasteiger partial charge on any atom is 0.166 e. The smallest absolute Gasteiger partial charge is 0.166 e. The molecule has 1 aromatic heterocycles. The van der Waals surface area contributed by atoms with Crippen LogP contribution in [-0.4, -0.2) is 22.3 Å². The number of hydrogen-bond donors (Lipinski definition) is 1. The largest absolute Gasteiger partial charge is 0.492 e. The van der Waals surface area contributed by atoms with Crippen molar-refractivity contribution in [1.82, 2.24) is 9.97 Å². The Morgan fingerprint density at radius 2 is 1.82 bits per heavy atom. The van der Waals surface area contributed by atoms with Crippen molar-refractivity contribution >= 4 is 22.8 Å². The van der Waals surface area contributed by atoms with Gasteiger partial charge in [0.15, 0.2) is 5.16 Å². The summed E-state index contributed by atoms with van der Waals surface area (Å²) in [5, 5.41) is 0.947. The van der Waals surface area contributed by atoms with E-state index in [1.54, 1.807) is 11.8 Å². The Balaban J connectivity index is 1.59. The number of rotatable bonds is 5. The maximum atomic E-state index is 5.98. The molecule has 0 amide bonds. The second-order valence-corrected chi connectivity index (χ2v) is 6.49. The Kier molecular flexibility index (Phi) is 4.39. The van der Waals surface area contributed by atoms with E-state index in [1.807, 2.05) is 24.3 Å². The van der Waals surface area contributed by atoms with Crippen molar-refractivity contribution in [3.63, 3.8) is 0 Å². The van der Waals surface area contributed by atoms with Gasteiger partial charge < -0.3 is 9.72 Å². The molecule has 0 atom stereocenters. The molecular formula is C18H20N2OS. The SMILES string of the molecule is Cc1ccc(C)c(OCCSc2nc3ccccc3[nH]2)c1C. The second kappa shape index (κ2) is 6.44. The normalized spacial score (nSPS) is 11.0. The summed E-state index contributed by atoms with van der Waals surface area (Å²) in [6.45, 7) is 7.00. The number of ether oxygens (including phenoxy) is 1. The Morgan fingerprint density at radius 1 is 1.05 bits per heavy atom. The zero-order chi connectivity index (χ0) is 15.5. The number of benzene rings is 2. The van der Waals surface area contributed by atoms with Crippen LogP contribution in [-0.2, 0) is 0 Å². The van der Waals surface area contributed by atoms with Gasteiger partial charge in [-0.15, -0.1) is 0 Å². The van der Waals surface area contributed by atoms with Crippen LogP contribution in [0.5, 0.6) is 5.75 Å². The van der Waals surface area contributed by atoms with Crippen LogP contribution in [0.1, 0.15) is 16.7 Å². The van der Waals surface area contributed by atoms with Crippen molar-refractivity contribution in [2.45, 2.75) is 25.9 Å². The van der Waals surface area contributed by atoms with Gasteiger partial charge in [-0.1, -0.05) is 36.0 Å². The molecular weight excluding hydrogens is 292 g/mol. The molecule has 22 heavy (non-hydrogen) atoms. The zero-order valence-electron chi connectivity index (χ0n) is 13.1. The first kappa shape index (κ1) is 15.0. The average Bonchev–Trinajstić information content (AvgIpc) is 2.93. The molecule has 0 bridgehead atoms. The fraction of sp³-hybridized carbons (Fsp3) is 0.278. The highest BCUT2D eigenvalue weighted by Crippen LogP contribution is 2.26. The molecule has 0 radical (unpaired) electrons. The Morgan fingerprint density at radius 3 is 2.64 bits per heavy atom. The summed E-state index contributed by atoms with van der Waals surface area (Å²) >= 11 is 1.69. The molecule has 1 N–H and O–H groups in total. The molecule has 0 saturated heterocycles. The summed E-state index contributed by atoms with van der Waals surface area (Å²) in [4.78, 5) is 7.88. The number of hydrogen-bond acceptors (Lipinski definition) is 3. The number of aromatic nitrogens is 2. The number of thioether (sulfide) groups is 1. The quantitative estimate of drug-likeness (QED) is 0.550. The van der Waals surface area contributed by atoms with Gasteiger partial charge in [0.2, 0.25) is 0 Å². The lowest BCUT2D eigenvalue weighted by atomic mass is 10.1. The lowest BCUT2D eigenvalue weighted by molar-refractivity contribution is 0.339. The van der Waals surface area contributed by atoms with Crippen molar-refractivity contribution < 1.29 is 4.74 Å². The first-order valence-electron chi connectivity index (χ1n) is 7.42. The molecule has 0 saturated carbocycles. The monoisotopic (exact) mass is 312 g/mol. The molecule has 4 heteroatoms. The van der Waals surface area contributed by atoms with Crippen LogP contribution in [0.2, 0.25) is 0 Å². The number of aromatic amines is 1. The molecule has 0 aliphatic heterocycles. The molecule has 0 spiro atoms. The van der Waals surface area contributed by atoms with Crippen molar-refractivity contribution in [3.8, 4) is 5.75 Å². The average molecular weight is 312 g/mol. The number of imidazole rings is 1. The molecule has 0 aliphatic carbocycles. The number of nitrogens with one attached hydrogen (secondary N) is 1. The Hall–Kier alpha value is -1.94. The Labute approximate surface area is 135 Å². The molecule has 1 heterocycles. The van der Waals surface area contributed by atoms with Gasteiger partial charge in [0, 0.05) is 5.75 Å². The second-order valence-electron chi connectivity index (χ2n) is 5.41. The fourth-order valence-electron chi connectivity index (χ4n) is 2.43. The van der Waals surface area contributed by atoms with Gasteiger partial charge in [-0.2, -0.15) is 0 Å². The van der Waals surface area contributed by atoms with Gasteiger partial charge in [-0.25, -0.2) is 4.98 Å². The van der Waals surface area contributed by atoms with Crippen molar-refractivity contribution in [3.05, 3.63) is 53.1 Å². The molecule has 3 nitrogen and oxygen atoms in total. The van der Waals surface area contributed by atoms with Crippen molar-refractivity contribution in [1.29, 1.82) is 0 Å². The summed E-state index contributed by atoms with van der Waals surface area (Å²) < 4.78 is 5.98. The van der Waals surface area contributed by atoms with Gasteiger partial charge in [0.05, 0.1) is 17.6 Å². The topological polar surface area (TPSA) is 37.9 Å². The van der Waals surface area contributed by atoms with Crippen LogP contribution in [0, 0.1) is 20.8 Å². The van der Waals surface area contributed by atoms with Crippen LogP contribution >= 0.6 is 11.8 Å². The molecule has 2 aromatic carbocycles. The molecule has 0 fully saturated rings. The molecule has 0 unspecified atom stereocenters. The third-order valence-corrected chi connectivity index (χ3v) is 4.65. The van der Waals surface area contributed by atoms with E-state index in [2.05, 4.69) is 42.9 Å². The summed E-state index contributed by atoms with van der Waals surface area (Å²) in [6.07, 6.45) is 0. The van der Waals surface area contributed by atoms with E-state index >= 15 is 0 Å². The van der Waals surface area contributed by atoms with E-state index in [9.17, 15) is 0 Å². The van der Waals surface area contributed by atoms with Gasteiger partial charge >= 0.3 is 0 Å². The predicted molar refractivity (Wildman–Crippen MR) is 93.0 cm³/mol. The van der Waals surface area contributed by atoms with E-state index < -0.39 is 0 Å². The minimum Gasteiger partial charge on any atom is -0.492 e. The van der Waals surface area contributed by atoms with E-state index in [1.165, 1.54) is 16.7 Å². The molecule has 3 rings (SSSR count). The summed E-state index contributed by atoms with van der Waals surface area (Å²) in [7, 11) is 0. The first-order valence-corrected chi connectivity index (χ1v) is 8.41.